The number of aryl methyl sites for hydroxylation is 2. The Labute approximate surface area is 152 Å². The number of nitrogens with zero attached hydrogens (tertiary/aromatic N) is 4. The first-order chi connectivity index (χ1) is 12.6. The molecule has 1 aromatic carbocycles. The predicted octanol–water partition coefficient (Wildman–Crippen LogP) is 1.88. The molecule has 0 atom stereocenters. The molecular weight excluding hydrogens is 352 g/mol. The van der Waals surface area contributed by atoms with Crippen LogP contribution in [0.4, 0.5) is 5.95 Å². The number of amides is 1. The van der Waals surface area contributed by atoms with E-state index in [4.69, 9.17) is 0 Å². The fraction of sp³-hybridized carbons (Fsp3) is 0.176. The highest BCUT2D eigenvalue weighted by atomic mass is 32.1. The topological polar surface area (TPSA) is 93.8 Å². The van der Waals surface area contributed by atoms with E-state index in [-0.39, 0.29) is 24.4 Å². The molecule has 3 aromatic heterocycles. The quantitative estimate of drug-likeness (QED) is 0.525. The molecule has 0 aliphatic carbocycles. The molecule has 0 saturated carbocycles. The average Bonchev–Trinajstić information content (AvgIpc) is 3.25. The third kappa shape index (κ3) is 2.93. The fourth-order valence-electron chi connectivity index (χ4n) is 2.72. The first-order valence-electron chi connectivity index (χ1n) is 8.02. The highest BCUT2D eigenvalue weighted by Crippen LogP contribution is 2.16. The van der Waals surface area contributed by atoms with Gasteiger partial charge in [0.25, 0.3) is 5.56 Å². The molecule has 3 heterocycles. The van der Waals surface area contributed by atoms with Crippen molar-refractivity contribution in [2.45, 2.75) is 13.0 Å². The van der Waals surface area contributed by atoms with E-state index in [1.807, 2.05) is 41.3 Å². The van der Waals surface area contributed by atoms with Gasteiger partial charge in [-0.15, -0.1) is 11.3 Å². The molecule has 9 heteroatoms. The maximum atomic E-state index is 12.3. The number of hydrazine groups is 1. The number of hydrogen-bond acceptors (Lipinski definition) is 6. The summed E-state index contributed by atoms with van der Waals surface area (Å²) in [6.07, 6.45) is 1.63. The third-order valence-corrected chi connectivity index (χ3v) is 4.95. The lowest BCUT2D eigenvalue weighted by Gasteiger charge is -2.09. The van der Waals surface area contributed by atoms with Crippen LogP contribution in [0.15, 0.2) is 46.8 Å². The summed E-state index contributed by atoms with van der Waals surface area (Å²) in [4.78, 5) is 33.7. The van der Waals surface area contributed by atoms with Gasteiger partial charge in [0.15, 0.2) is 0 Å². The van der Waals surface area contributed by atoms with Crippen LogP contribution in [0.25, 0.3) is 21.3 Å². The van der Waals surface area contributed by atoms with Gasteiger partial charge in [-0.2, -0.15) is 0 Å². The molecule has 26 heavy (non-hydrogen) atoms. The zero-order valence-corrected chi connectivity index (χ0v) is 14.8. The Morgan fingerprint density at radius 1 is 1.27 bits per heavy atom. The van der Waals surface area contributed by atoms with E-state index in [9.17, 15) is 9.59 Å². The number of benzene rings is 1. The lowest BCUT2D eigenvalue weighted by atomic mass is 10.3. The maximum Gasteiger partial charge on any atom is 0.262 e. The third-order valence-electron chi connectivity index (χ3n) is 4.13. The number of rotatable bonds is 5. The van der Waals surface area contributed by atoms with Crippen LogP contribution in [-0.2, 0) is 18.4 Å². The van der Waals surface area contributed by atoms with Crippen molar-refractivity contribution >= 4 is 44.4 Å². The van der Waals surface area contributed by atoms with Crippen molar-refractivity contribution in [1.29, 1.82) is 0 Å². The molecule has 0 radical (unpaired) electrons. The van der Waals surface area contributed by atoms with E-state index in [0.717, 1.165) is 11.0 Å². The number of carbonyl (C=O) groups is 1. The van der Waals surface area contributed by atoms with E-state index in [1.165, 1.54) is 22.2 Å². The molecule has 4 rings (SSSR count). The van der Waals surface area contributed by atoms with Gasteiger partial charge in [0.2, 0.25) is 11.9 Å². The van der Waals surface area contributed by atoms with Gasteiger partial charge >= 0.3 is 0 Å². The lowest BCUT2D eigenvalue weighted by molar-refractivity contribution is -0.120. The van der Waals surface area contributed by atoms with Gasteiger partial charge in [-0.05, 0) is 23.6 Å². The van der Waals surface area contributed by atoms with E-state index in [0.29, 0.717) is 16.2 Å². The van der Waals surface area contributed by atoms with Crippen molar-refractivity contribution in [2.24, 2.45) is 7.05 Å². The molecule has 0 saturated heterocycles. The summed E-state index contributed by atoms with van der Waals surface area (Å²) < 4.78 is 3.30. The Morgan fingerprint density at radius 3 is 2.96 bits per heavy atom. The number of fused-ring (bicyclic) bond motifs is 2. The van der Waals surface area contributed by atoms with Crippen LogP contribution in [0.5, 0.6) is 0 Å². The number of thiophene rings is 1. The van der Waals surface area contributed by atoms with Crippen LogP contribution in [-0.4, -0.2) is 25.0 Å². The summed E-state index contributed by atoms with van der Waals surface area (Å²) in [7, 11) is 1.87. The summed E-state index contributed by atoms with van der Waals surface area (Å²) in [5.74, 6) is 0.299. The van der Waals surface area contributed by atoms with Crippen LogP contribution in [0.1, 0.15) is 6.42 Å². The maximum absolute atomic E-state index is 12.3. The van der Waals surface area contributed by atoms with Crippen molar-refractivity contribution in [3.63, 3.8) is 0 Å². The van der Waals surface area contributed by atoms with Crippen molar-refractivity contribution in [3.8, 4) is 0 Å². The van der Waals surface area contributed by atoms with Crippen LogP contribution < -0.4 is 16.4 Å². The van der Waals surface area contributed by atoms with Crippen molar-refractivity contribution in [1.82, 2.24) is 24.5 Å². The fourth-order valence-corrected chi connectivity index (χ4v) is 3.44. The number of anilines is 1. The Bertz CT molecular complexity index is 1160. The molecule has 1 amide bonds. The Balaban J connectivity index is 1.39. The highest BCUT2D eigenvalue weighted by Gasteiger charge is 2.09. The minimum atomic E-state index is -0.241. The molecule has 0 unspecified atom stereocenters. The van der Waals surface area contributed by atoms with Gasteiger partial charge in [-0.25, -0.2) is 9.97 Å². The average molecular weight is 368 g/mol. The number of para-hydroxylation sites is 2. The number of imidazole rings is 1. The largest absolute Gasteiger partial charge is 0.312 e. The monoisotopic (exact) mass is 368 g/mol. The smallest absolute Gasteiger partial charge is 0.262 e. The molecule has 0 bridgehead atoms. The van der Waals surface area contributed by atoms with Crippen LogP contribution in [0.3, 0.4) is 0 Å². The normalized spacial score (nSPS) is 11.1. The lowest BCUT2D eigenvalue weighted by Crippen LogP contribution is -2.32. The van der Waals surface area contributed by atoms with Gasteiger partial charge < -0.3 is 4.57 Å². The number of nitrogens with one attached hydrogen (secondary N) is 2. The first kappa shape index (κ1) is 16.3. The van der Waals surface area contributed by atoms with Crippen molar-refractivity contribution in [2.75, 3.05) is 5.43 Å². The van der Waals surface area contributed by atoms with Gasteiger partial charge in [0.1, 0.15) is 4.83 Å². The summed E-state index contributed by atoms with van der Waals surface area (Å²) in [5, 5.41) is 2.41. The molecule has 4 aromatic rings. The molecule has 0 spiro atoms. The molecule has 8 nitrogen and oxygen atoms in total. The van der Waals surface area contributed by atoms with E-state index in [2.05, 4.69) is 20.8 Å². The minimum absolute atomic E-state index is 0.132. The summed E-state index contributed by atoms with van der Waals surface area (Å²) >= 11 is 1.42. The molecule has 2 N–H and O–H groups in total. The van der Waals surface area contributed by atoms with Gasteiger partial charge in [-0.3, -0.25) is 25.0 Å². The molecule has 0 aliphatic heterocycles. The number of carbonyl (C=O) groups excluding carboxylic acids is 1. The molecule has 0 aliphatic rings. The van der Waals surface area contributed by atoms with Gasteiger partial charge in [0, 0.05) is 20.0 Å². The summed E-state index contributed by atoms with van der Waals surface area (Å²) in [6, 6.07) is 9.45. The minimum Gasteiger partial charge on any atom is -0.312 e. The Kier molecular flexibility index (Phi) is 4.13. The first-order valence-corrected chi connectivity index (χ1v) is 8.90. The Hall–Kier alpha value is -3.20. The molecule has 132 valence electrons. The standard InChI is InChI=1S/C17H16N6O2S/c1-22-13-5-3-2-4-12(13)19-17(22)21-20-14(24)6-8-23-10-18-15-11(16(23)25)7-9-26-15/h2-5,7,9-10H,6,8H2,1H3,(H,19,21)(H,20,24). The molecular formula is C17H16N6O2S. The zero-order chi connectivity index (χ0) is 18.1. The van der Waals surface area contributed by atoms with Crippen molar-refractivity contribution in [3.05, 3.63) is 52.4 Å². The number of aromatic nitrogens is 4. The van der Waals surface area contributed by atoms with Crippen LogP contribution in [0, 0.1) is 0 Å². The SMILES string of the molecule is Cn1c(NNC(=O)CCn2cnc3sccc3c2=O)nc2ccccc21. The predicted molar refractivity (Wildman–Crippen MR) is 101 cm³/mol. The highest BCUT2D eigenvalue weighted by molar-refractivity contribution is 7.16. The summed E-state index contributed by atoms with van der Waals surface area (Å²) in [6.45, 7) is 0.258. The zero-order valence-electron chi connectivity index (χ0n) is 14.0. The van der Waals surface area contributed by atoms with E-state index < -0.39 is 0 Å². The van der Waals surface area contributed by atoms with Crippen LogP contribution in [0.2, 0.25) is 0 Å². The van der Waals surface area contributed by atoms with Crippen molar-refractivity contribution < 1.29 is 4.79 Å². The molecule has 0 fully saturated rings. The van der Waals surface area contributed by atoms with Gasteiger partial charge in [0.05, 0.1) is 22.7 Å². The van der Waals surface area contributed by atoms with Gasteiger partial charge in [-0.1, -0.05) is 12.1 Å². The second kappa shape index (κ2) is 6.60. The van der Waals surface area contributed by atoms with E-state index in [1.54, 1.807) is 6.07 Å². The Morgan fingerprint density at radius 2 is 2.12 bits per heavy atom. The number of hydrogen-bond donors (Lipinski definition) is 2. The second-order valence-electron chi connectivity index (χ2n) is 5.79. The summed E-state index contributed by atoms with van der Waals surface area (Å²) in [5.41, 5.74) is 7.12. The second-order valence-corrected chi connectivity index (χ2v) is 6.68. The van der Waals surface area contributed by atoms with Crippen LogP contribution >= 0.6 is 11.3 Å². The van der Waals surface area contributed by atoms with E-state index >= 15 is 0 Å².